The van der Waals surface area contributed by atoms with Crippen LogP contribution in [0.1, 0.15) is 188 Å². The third-order valence-corrected chi connectivity index (χ3v) is 17.9. The molecule has 0 fully saturated rings. The first-order valence-electron chi connectivity index (χ1n) is 25.9. The molecule has 16 heteroatoms. The number of ether oxygens (including phenoxy) is 2. The Labute approximate surface area is 433 Å². The zero-order chi connectivity index (χ0) is 53.0. The number of nitrogens with one attached hydrogen (secondary N) is 1. The van der Waals surface area contributed by atoms with Crippen molar-refractivity contribution in [3.63, 3.8) is 0 Å². The molecule has 11 nitrogen and oxygen atoms in total. The highest BCUT2D eigenvalue weighted by atomic mass is 35.5. The van der Waals surface area contributed by atoms with Gasteiger partial charge in [-0.3, -0.25) is 14.2 Å². The molecule has 1 unspecified atom stereocenters. The molecule has 0 saturated carbocycles. The Hall–Kier alpha value is -4.62. The van der Waals surface area contributed by atoms with Crippen LogP contribution in [0, 0.1) is 0 Å². The highest BCUT2D eigenvalue weighted by Gasteiger charge is 2.60. The van der Waals surface area contributed by atoms with Gasteiger partial charge in [0.2, 0.25) is 0 Å². The molecule has 394 valence electrons. The zero-order valence-electron chi connectivity index (χ0n) is 44.2. The van der Waals surface area contributed by atoms with E-state index in [4.69, 9.17) is 30.1 Å². The summed E-state index contributed by atoms with van der Waals surface area (Å²) in [5.41, 5.74) is 10.4. The van der Waals surface area contributed by atoms with E-state index in [0.29, 0.717) is 24.8 Å². The Balaban J connectivity index is 1.21. The molecule has 0 radical (unpaired) electrons. The van der Waals surface area contributed by atoms with Gasteiger partial charge < -0.3 is 33.6 Å². The largest absolute Gasteiger partial charge is 0.471 e. The van der Waals surface area contributed by atoms with E-state index in [2.05, 4.69) is 89.5 Å². The van der Waals surface area contributed by atoms with E-state index in [1.165, 1.54) is 28.6 Å². The molecule has 73 heavy (non-hydrogen) atoms. The Morgan fingerprint density at radius 2 is 1.29 bits per heavy atom. The molecule has 1 atom stereocenters. The Morgan fingerprint density at radius 3 is 1.79 bits per heavy atom. The van der Waals surface area contributed by atoms with Gasteiger partial charge in [0.1, 0.15) is 5.60 Å². The SMILES string of the molecule is CC1=CC(C)(C)N2CCCc3c2c1cc1c3C(C)(C)c2c(cc3c4c2CCCN4C(C)(C)C=C3C)C12OC(=O)c1c(Cl)cc(P(=O)(OCCCCCC(=O)OC(C)(C)C)OCCCCNC(=O)C(F)(F)F)cc12. The third kappa shape index (κ3) is 9.15. The minimum atomic E-state index is -5.02. The predicted molar refractivity (Wildman–Crippen MR) is 280 cm³/mol. The van der Waals surface area contributed by atoms with Gasteiger partial charge >= 0.3 is 31.6 Å². The molecule has 0 aromatic heterocycles. The molecule has 3 aromatic carbocycles. The lowest BCUT2D eigenvalue weighted by atomic mass is 9.57. The minimum Gasteiger partial charge on any atom is -0.460 e. The number of esters is 2. The topological polar surface area (TPSA) is 124 Å². The summed E-state index contributed by atoms with van der Waals surface area (Å²) >= 11 is 7.31. The number of anilines is 2. The van der Waals surface area contributed by atoms with Crippen LogP contribution in [-0.4, -0.2) is 73.5 Å². The molecule has 0 bridgehead atoms. The summed E-state index contributed by atoms with van der Waals surface area (Å²) in [6, 6.07) is 7.60. The number of allylic oxidation sites excluding steroid dienone is 2. The molecule has 6 aliphatic rings. The Kier molecular flexibility index (Phi) is 13.6. The molecule has 0 saturated heterocycles. The Bertz CT molecular complexity index is 2820. The van der Waals surface area contributed by atoms with Crippen LogP contribution in [0.4, 0.5) is 24.5 Å². The number of unbranched alkanes of at least 4 members (excludes halogenated alkanes) is 3. The number of hydrogen-bond donors (Lipinski definition) is 1. The number of rotatable bonds is 14. The number of alkyl halides is 3. The fourth-order valence-electron chi connectivity index (χ4n) is 12.9. The molecule has 3 aromatic rings. The summed E-state index contributed by atoms with van der Waals surface area (Å²) in [4.78, 5) is 44.0. The molecule has 1 N–H and O–H groups in total. The van der Waals surface area contributed by atoms with Gasteiger partial charge in [0, 0.05) is 70.7 Å². The molecule has 1 spiro atoms. The lowest BCUT2D eigenvalue weighted by molar-refractivity contribution is -0.173. The van der Waals surface area contributed by atoms with Gasteiger partial charge in [-0.25, -0.2) is 4.79 Å². The quantitative estimate of drug-likeness (QED) is 0.0948. The van der Waals surface area contributed by atoms with Crippen LogP contribution in [0.3, 0.4) is 0 Å². The van der Waals surface area contributed by atoms with Gasteiger partial charge in [-0.15, -0.1) is 0 Å². The van der Waals surface area contributed by atoms with E-state index >= 15 is 4.57 Å². The first-order valence-corrected chi connectivity index (χ1v) is 27.9. The molecule has 5 heterocycles. The number of halogens is 4. The summed E-state index contributed by atoms with van der Waals surface area (Å²) in [5.74, 6) is -2.99. The van der Waals surface area contributed by atoms with E-state index in [9.17, 15) is 27.6 Å². The standard InChI is InChI=1S/C57H70ClF3N3O8P/c1-33-31-53(6,7)63-23-17-19-36-46-41(29-38(33)48(36)63)56(42-30-39-34(2)32-54(8,9)64-24-18-20-37(49(39)64)47(42)55(46,10)11)40-27-35(28-43(58)45(40)50(66)72-56)73(68,70-26-16-14-22-62-51(67)57(59,60)61)69-25-15-12-13-21-44(65)71-52(3,4)5/h27-32H,12-26H2,1-11H3,(H,62,67). The number of carbonyl (C=O) groups is 3. The van der Waals surface area contributed by atoms with Crippen LogP contribution < -0.4 is 20.4 Å². The van der Waals surface area contributed by atoms with E-state index < -0.39 is 42.3 Å². The highest BCUT2D eigenvalue weighted by molar-refractivity contribution is 7.62. The molecular formula is C57H70ClF3N3O8P. The number of nitrogens with zero attached hydrogens (tertiary/aromatic N) is 2. The van der Waals surface area contributed by atoms with Gasteiger partial charge in [-0.2, -0.15) is 13.2 Å². The second-order valence-corrected chi connectivity index (χ2v) is 25.8. The molecule has 5 aliphatic heterocycles. The highest BCUT2D eigenvalue weighted by Crippen LogP contribution is 2.64. The number of benzene rings is 3. The van der Waals surface area contributed by atoms with Gasteiger partial charge in [0.25, 0.3) is 0 Å². The summed E-state index contributed by atoms with van der Waals surface area (Å²) in [5, 5.41) is 1.97. The second-order valence-electron chi connectivity index (χ2n) is 23.4. The van der Waals surface area contributed by atoms with E-state index in [1.807, 2.05) is 5.32 Å². The van der Waals surface area contributed by atoms with Crippen LogP contribution in [0.2, 0.25) is 5.02 Å². The van der Waals surface area contributed by atoms with Crippen molar-refractivity contribution in [2.24, 2.45) is 0 Å². The summed E-state index contributed by atoms with van der Waals surface area (Å²) in [7, 11) is -4.36. The van der Waals surface area contributed by atoms with Gasteiger partial charge in [0.15, 0.2) is 5.60 Å². The molecule has 1 amide bonds. The fourth-order valence-corrected chi connectivity index (χ4v) is 15.0. The van der Waals surface area contributed by atoms with Gasteiger partial charge in [-0.05, 0) is 171 Å². The lowest BCUT2D eigenvalue weighted by Gasteiger charge is -2.54. The van der Waals surface area contributed by atoms with Crippen LogP contribution in [0.25, 0.3) is 11.1 Å². The maximum Gasteiger partial charge on any atom is 0.471 e. The van der Waals surface area contributed by atoms with E-state index in [-0.39, 0.29) is 72.0 Å². The van der Waals surface area contributed by atoms with Crippen molar-refractivity contribution in [1.29, 1.82) is 0 Å². The molecule has 1 aliphatic carbocycles. The van der Waals surface area contributed by atoms with Crippen LogP contribution in [-0.2, 0) is 56.5 Å². The summed E-state index contributed by atoms with van der Waals surface area (Å²) < 4.78 is 79.5. The van der Waals surface area contributed by atoms with Crippen molar-refractivity contribution >= 4 is 64.9 Å². The Morgan fingerprint density at radius 1 is 0.767 bits per heavy atom. The van der Waals surface area contributed by atoms with Crippen molar-refractivity contribution in [3.05, 3.63) is 97.1 Å². The average Bonchev–Trinajstić information content (AvgIpc) is 3.59. The number of fused-ring (bicyclic) bond motifs is 8. The smallest absolute Gasteiger partial charge is 0.460 e. The second kappa shape index (κ2) is 18.6. The maximum absolute atomic E-state index is 15.6. The lowest BCUT2D eigenvalue weighted by Crippen LogP contribution is -2.51. The summed E-state index contributed by atoms with van der Waals surface area (Å²) in [6.45, 7) is 24.6. The van der Waals surface area contributed by atoms with Crippen molar-refractivity contribution in [1.82, 2.24) is 5.32 Å². The van der Waals surface area contributed by atoms with Crippen LogP contribution in [0.15, 0.2) is 36.4 Å². The minimum absolute atomic E-state index is 0.00793. The van der Waals surface area contributed by atoms with Crippen LogP contribution in [0.5, 0.6) is 0 Å². The van der Waals surface area contributed by atoms with E-state index in [1.54, 1.807) is 26.8 Å². The first kappa shape index (κ1) is 53.2. The fraction of sp³-hybridized carbons (Fsp3) is 0.561. The number of hydrogen-bond acceptors (Lipinski definition) is 10. The zero-order valence-corrected chi connectivity index (χ0v) is 45.8. The number of amides is 1. The van der Waals surface area contributed by atoms with Gasteiger partial charge in [-0.1, -0.05) is 44.0 Å². The van der Waals surface area contributed by atoms with Crippen molar-refractivity contribution in [2.45, 2.75) is 174 Å². The van der Waals surface area contributed by atoms with Gasteiger partial charge in [0.05, 0.1) is 40.2 Å². The van der Waals surface area contributed by atoms with E-state index in [0.717, 1.165) is 83.3 Å². The average molecular weight is 1050 g/mol. The first-order chi connectivity index (χ1) is 34.0. The van der Waals surface area contributed by atoms with Crippen molar-refractivity contribution < 1.29 is 50.6 Å². The molecule has 9 rings (SSSR count). The van der Waals surface area contributed by atoms with Crippen molar-refractivity contribution in [2.75, 3.05) is 42.6 Å². The summed E-state index contributed by atoms with van der Waals surface area (Å²) in [6.07, 6.45) is 4.96. The predicted octanol–water partition coefficient (Wildman–Crippen LogP) is 12.6. The maximum atomic E-state index is 15.6. The number of carbonyl (C=O) groups excluding carboxylic acids is 3. The third-order valence-electron chi connectivity index (χ3n) is 15.6. The monoisotopic (exact) mass is 1050 g/mol. The van der Waals surface area contributed by atoms with Crippen molar-refractivity contribution in [3.8, 4) is 0 Å². The molecular weight excluding hydrogens is 978 g/mol. The normalized spacial score (nSPS) is 20.1. The van der Waals surface area contributed by atoms with Crippen LogP contribution >= 0.6 is 19.2 Å².